The summed E-state index contributed by atoms with van der Waals surface area (Å²) in [5.74, 6) is 1.85. The van der Waals surface area contributed by atoms with E-state index >= 15 is 0 Å². The molecule has 0 unspecified atom stereocenters. The second-order valence-corrected chi connectivity index (χ2v) is 8.53. The Labute approximate surface area is 178 Å². The molecule has 2 aromatic carbocycles. The van der Waals surface area contributed by atoms with Gasteiger partial charge in [0, 0.05) is 52.5 Å². The molecule has 2 heterocycles. The zero-order chi connectivity index (χ0) is 20.4. The monoisotopic (exact) mass is 425 g/mol. The van der Waals surface area contributed by atoms with Crippen LogP contribution in [-0.4, -0.2) is 46.2 Å². The third kappa shape index (κ3) is 4.23. The van der Waals surface area contributed by atoms with Crippen molar-refractivity contribution in [2.45, 2.75) is 6.92 Å². The van der Waals surface area contributed by atoms with Crippen molar-refractivity contribution >= 4 is 57.3 Å². The fourth-order valence-electron chi connectivity index (χ4n) is 3.33. The predicted molar refractivity (Wildman–Crippen MR) is 120 cm³/mol. The highest BCUT2D eigenvalue weighted by Crippen LogP contribution is 2.32. The second kappa shape index (κ2) is 8.43. The first-order valence-corrected chi connectivity index (χ1v) is 10.9. The lowest BCUT2D eigenvalue weighted by Crippen LogP contribution is -2.38. The maximum atomic E-state index is 13.2. The van der Waals surface area contributed by atoms with Crippen LogP contribution in [0.2, 0.25) is 5.02 Å². The molecule has 5 nitrogen and oxygen atoms in total. The van der Waals surface area contributed by atoms with E-state index < -0.39 is 0 Å². The van der Waals surface area contributed by atoms with Gasteiger partial charge in [-0.3, -0.25) is 14.6 Å². The van der Waals surface area contributed by atoms with E-state index in [0.29, 0.717) is 21.8 Å². The van der Waals surface area contributed by atoms with Gasteiger partial charge in [-0.25, -0.2) is 0 Å². The van der Waals surface area contributed by atoms with E-state index in [1.807, 2.05) is 40.9 Å². The molecule has 1 saturated heterocycles. The quantitative estimate of drug-likeness (QED) is 0.594. The number of nitrogens with zero attached hydrogens (tertiary/aromatic N) is 2. The molecule has 1 aromatic heterocycles. The first-order valence-electron chi connectivity index (χ1n) is 9.36. The lowest BCUT2D eigenvalue weighted by Gasteiger charge is -2.27. The third-order valence-corrected chi connectivity index (χ3v) is 6.10. The molecule has 0 aliphatic carbocycles. The number of anilines is 2. The smallest absolute Gasteiger partial charge is 0.257 e. The standard InChI is InChI=1S/C22H20ClN3O2S/c1-14(27)15-2-5-17(6-3-15)25-21-18-12-16(23)4-7-20(18)24-13-19(21)22(28)26-8-10-29-11-9-26/h2-7,12-13H,8-11H2,1H3,(H,24,25). The maximum absolute atomic E-state index is 13.2. The first-order chi connectivity index (χ1) is 14.0. The van der Waals surface area contributed by atoms with Crippen LogP contribution in [0.3, 0.4) is 0 Å². The summed E-state index contributed by atoms with van der Waals surface area (Å²) < 4.78 is 0. The second-order valence-electron chi connectivity index (χ2n) is 6.87. The van der Waals surface area contributed by atoms with Crippen LogP contribution < -0.4 is 5.32 Å². The molecule has 0 atom stereocenters. The van der Waals surface area contributed by atoms with Crippen molar-refractivity contribution in [3.63, 3.8) is 0 Å². The molecule has 29 heavy (non-hydrogen) atoms. The molecule has 1 N–H and O–H groups in total. The molecule has 4 rings (SSSR count). The summed E-state index contributed by atoms with van der Waals surface area (Å²) in [5, 5.41) is 4.73. The Morgan fingerprint density at radius 1 is 1.10 bits per heavy atom. The normalized spacial score (nSPS) is 14.1. The van der Waals surface area contributed by atoms with Crippen molar-refractivity contribution in [2.24, 2.45) is 0 Å². The van der Waals surface area contributed by atoms with Crippen LogP contribution in [-0.2, 0) is 0 Å². The largest absolute Gasteiger partial charge is 0.354 e. The van der Waals surface area contributed by atoms with Crippen molar-refractivity contribution in [2.75, 3.05) is 29.9 Å². The number of pyridine rings is 1. The first kappa shape index (κ1) is 19.7. The van der Waals surface area contributed by atoms with Gasteiger partial charge < -0.3 is 10.2 Å². The molecular formula is C22H20ClN3O2S. The highest BCUT2D eigenvalue weighted by atomic mass is 35.5. The van der Waals surface area contributed by atoms with Gasteiger partial charge in [-0.1, -0.05) is 11.6 Å². The highest BCUT2D eigenvalue weighted by Gasteiger charge is 2.23. The minimum absolute atomic E-state index is 0.0107. The Bertz CT molecular complexity index is 1080. The molecule has 1 amide bonds. The zero-order valence-electron chi connectivity index (χ0n) is 15.9. The number of rotatable bonds is 4. The number of nitrogens with one attached hydrogen (secondary N) is 1. The summed E-state index contributed by atoms with van der Waals surface area (Å²) in [6, 6.07) is 12.6. The summed E-state index contributed by atoms with van der Waals surface area (Å²) in [4.78, 5) is 31.1. The number of amides is 1. The van der Waals surface area contributed by atoms with Crippen LogP contribution in [0.15, 0.2) is 48.7 Å². The van der Waals surface area contributed by atoms with E-state index in [1.54, 1.807) is 24.4 Å². The summed E-state index contributed by atoms with van der Waals surface area (Å²) >= 11 is 8.09. The van der Waals surface area contributed by atoms with Gasteiger partial charge in [0.2, 0.25) is 0 Å². The zero-order valence-corrected chi connectivity index (χ0v) is 17.5. The Kier molecular flexibility index (Phi) is 5.74. The summed E-state index contributed by atoms with van der Waals surface area (Å²) in [5.41, 5.74) is 3.37. The van der Waals surface area contributed by atoms with Crippen molar-refractivity contribution < 1.29 is 9.59 Å². The highest BCUT2D eigenvalue weighted by molar-refractivity contribution is 7.99. The van der Waals surface area contributed by atoms with Crippen molar-refractivity contribution in [3.05, 3.63) is 64.8 Å². The van der Waals surface area contributed by atoms with Crippen molar-refractivity contribution in [1.29, 1.82) is 0 Å². The van der Waals surface area contributed by atoms with E-state index in [0.717, 1.165) is 41.2 Å². The summed E-state index contributed by atoms with van der Waals surface area (Å²) in [7, 11) is 0. The van der Waals surface area contributed by atoms with E-state index in [2.05, 4.69) is 10.3 Å². The SMILES string of the molecule is CC(=O)c1ccc(Nc2c(C(=O)N3CCSCC3)cnc3ccc(Cl)cc23)cc1. The Hall–Kier alpha value is -2.57. The van der Waals surface area contributed by atoms with Crippen molar-refractivity contribution in [1.82, 2.24) is 9.88 Å². The van der Waals surface area contributed by atoms with Gasteiger partial charge in [-0.15, -0.1) is 0 Å². The number of hydrogen-bond acceptors (Lipinski definition) is 5. The minimum Gasteiger partial charge on any atom is -0.354 e. The number of Topliss-reactive ketones (excluding diaryl/α,β-unsaturated/α-hetero) is 1. The number of halogens is 1. The molecule has 1 fully saturated rings. The number of benzene rings is 2. The molecule has 1 aliphatic heterocycles. The molecule has 0 bridgehead atoms. The summed E-state index contributed by atoms with van der Waals surface area (Å²) in [6.07, 6.45) is 1.63. The molecule has 0 radical (unpaired) electrons. The van der Waals surface area contributed by atoms with Gasteiger partial charge in [0.1, 0.15) is 0 Å². The van der Waals surface area contributed by atoms with Gasteiger partial charge in [-0.2, -0.15) is 11.8 Å². The van der Waals surface area contributed by atoms with Gasteiger partial charge in [-0.05, 0) is 49.4 Å². The van der Waals surface area contributed by atoms with Crippen LogP contribution in [0.1, 0.15) is 27.6 Å². The molecule has 3 aromatic rings. The van der Waals surface area contributed by atoms with E-state index in [1.165, 1.54) is 6.92 Å². The number of carbonyl (C=O) groups is 2. The van der Waals surface area contributed by atoms with Gasteiger partial charge in [0.05, 0.1) is 16.8 Å². The lowest BCUT2D eigenvalue weighted by molar-refractivity contribution is 0.0773. The fraction of sp³-hybridized carbons (Fsp3) is 0.227. The molecular weight excluding hydrogens is 406 g/mol. The number of carbonyl (C=O) groups excluding carboxylic acids is 2. The lowest BCUT2D eigenvalue weighted by atomic mass is 10.1. The van der Waals surface area contributed by atoms with E-state index in [-0.39, 0.29) is 11.7 Å². The number of hydrogen-bond donors (Lipinski definition) is 1. The molecule has 148 valence electrons. The van der Waals surface area contributed by atoms with Crippen LogP contribution in [0.5, 0.6) is 0 Å². The fourth-order valence-corrected chi connectivity index (χ4v) is 4.41. The van der Waals surface area contributed by atoms with Crippen LogP contribution >= 0.6 is 23.4 Å². The van der Waals surface area contributed by atoms with Crippen LogP contribution in [0.4, 0.5) is 11.4 Å². The number of ketones is 1. The topological polar surface area (TPSA) is 62.3 Å². The molecule has 1 aliphatic rings. The van der Waals surface area contributed by atoms with E-state index in [9.17, 15) is 9.59 Å². The number of thioether (sulfide) groups is 1. The Balaban J connectivity index is 1.78. The molecule has 7 heteroatoms. The van der Waals surface area contributed by atoms with E-state index in [4.69, 9.17) is 11.6 Å². The van der Waals surface area contributed by atoms with Gasteiger partial charge >= 0.3 is 0 Å². The predicted octanol–water partition coefficient (Wildman–Crippen LogP) is 5.02. The third-order valence-electron chi connectivity index (χ3n) is 4.92. The van der Waals surface area contributed by atoms with Gasteiger partial charge in [0.15, 0.2) is 5.78 Å². The Morgan fingerprint density at radius 3 is 2.52 bits per heavy atom. The number of fused-ring (bicyclic) bond motifs is 1. The number of aromatic nitrogens is 1. The maximum Gasteiger partial charge on any atom is 0.257 e. The molecule has 0 spiro atoms. The van der Waals surface area contributed by atoms with Crippen LogP contribution in [0, 0.1) is 0 Å². The average Bonchev–Trinajstić information content (AvgIpc) is 2.74. The van der Waals surface area contributed by atoms with Crippen LogP contribution in [0.25, 0.3) is 10.9 Å². The minimum atomic E-state index is -0.0393. The van der Waals surface area contributed by atoms with Gasteiger partial charge in [0.25, 0.3) is 5.91 Å². The molecule has 0 saturated carbocycles. The average molecular weight is 426 g/mol. The van der Waals surface area contributed by atoms with Crippen molar-refractivity contribution in [3.8, 4) is 0 Å². The summed E-state index contributed by atoms with van der Waals surface area (Å²) in [6.45, 7) is 2.99. The Morgan fingerprint density at radius 2 is 1.83 bits per heavy atom.